The fraction of sp³-hybridized carbons (Fsp3) is 0.471. The van der Waals surface area contributed by atoms with Gasteiger partial charge >= 0.3 is 0 Å². The number of nitrogens with one attached hydrogen (secondary N) is 2. The minimum atomic E-state index is -0.406. The number of piperazine rings is 1. The zero-order chi connectivity index (χ0) is 18.1. The van der Waals surface area contributed by atoms with Crippen LogP contribution in [0.25, 0.3) is 0 Å². The maximum absolute atomic E-state index is 12.1. The topological polar surface area (TPSA) is 108 Å². The Bertz CT molecular complexity index is 595. The van der Waals surface area contributed by atoms with Crippen molar-refractivity contribution in [2.24, 2.45) is 5.73 Å². The maximum atomic E-state index is 12.1. The van der Waals surface area contributed by atoms with Crippen molar-refractivity contribution in [3.8, 4) is 0 Å². The molecule has 152 valence electrons. The largest absolute Gasteiger partial charge is 0.346 e. The number of nitrogens with zero attached hydrogens (tertiary/aromatic N) is 2. The van der Waals surface area contributed by atoms with Gasteiger partial charge in [-0.1, -0.05) is 30.3 Å². The minimum absolute atomic E-state index is 0. The monoisotopic (exact) mass is 419 g/mol. The number of nitrogens with two attached hydrogens (primary N) is 1. The van der Waals surface area contributed by atoms with Gasteiger partial charge < -0.3 is 21.3 Å². The second kappa shape index (κ2) is 13.3. The highest BCUT2D eigenvalue weighted by Gasteiger charge is 2.21. The first kappa shape index (κ1) is 25.1. The van der Waals surface area contributed by atoms with E-state index >= 15 is 0 Å². The van der Waals surface area contributed by atoms with Crippen LogP contribution in [-0.2, 0) is 20.9 Å². The molecule has 8 nitrogen and oxygen atoms in total. The van der Waals surface area contributed by atoms with Crippen LogP contribution in [0.1, 0.15) is 5.56 Å². The molecule has 0 saturated carbocycles. The van der Waals surface area contributed by atoms with E-state index < -0.39 is 11.8 Å². The maximum Gasteiger partial charge on any atom is 0.242 e. The Balaban J connectivity index is 0.00000338. The Morgan fingerprint density at radius 2 is 1.48 bits per heavy atom. The SMILES string of the molecule is Cl.Cl.NCC(=O)NCC(=O)NCC(=O)N1CCN(Cc2ccccc2)CC1. The van der Waals surface area contributed by atoms with Gasteiger partial charge in [0.25, 0.3) is 0 Å². The molecule has 1 heterocycles. The van der Waals surface area contributed by atoms with Crippen LogP contribution < -0.4 is 16.4 Å². The van der Waals surface area contributed by atoms with E-state index in [-0.39, 0.29) is 50.4 Å². The summed E-state index contributed by atoms with van der Waals surface area (Å²) in [5.41, 5.74) is 6.39. The molecule has 27 heavy (non-hydrogen) atoms. The van der Waals surface area contributed by atoms with Gasteiger partial charge in [0.15, 0.2) is 0 Å². The van der Waals surface area contributed by atoms with E-state index in [1.165, 1.54) is 5.56 Å². The van der Waals surface area contributed by atoms with Crippen molar-refractivity contribution in [1.82, 2.24) is 20.4 Å². The van der Waals surface area contributed by atoms with E-state index in [0.29, 0.717) is 13.1 Å². The molecule has 0 radical (unpaired) electrons. The molecule has 0 unspecified atom stereocenters. The van der Waals surface area contributed by atoms with Crippen LogP contribution in [0.4, 0.5) is 0 Å². The third-order valence-electron chi connectivity index (χ3n) is 4.04. The Hall–Kier alpha value is -1.87. The molecule has 1 fully saturated rings. The Kier molecular flexibility index (Phi) is 12.4. The lowest BCUT2D eigenvalue weighted by Crippen LogP contribution is -2.51. The third kappa shape index (κ3) is 9.05. The summed E-state index contributed by atoms with van der Waals surface area (Å²) in [6, 6.07) is 10.2. The van der Waals surface area contributed by atoms with E-state index in [9.17, 15) is 14.4 Å². The average molecular weight is 420 g/mol. The van der Waals surface area contributed by atoms with Crippen LogP contribution in [0.5, 0.6) is 0 Å². The van der Waals surface area contributed by atoms with Crippen molar-refractivity contribution in [2.45, 2.75) is 6.54 Å². The Labute approximate surface area is 171 Å². The zero-order valence-electron chi connectivity index (χ0n) is 15.1. The minimum Gasteiger partial charge on any atom is -0.346 e. The fourth-order valence-corrected chi connectivity index (χ4v) is 2.60. The Morgan fingerprint density at radius 3 is 2.07 bits per heavy atom. The molecule has 4 N–H and O–H groups in total. The van der Waals surface area contributed by atoms with Crippen LogP contribution in [0.15, 0.2) is 30.3 Å². The molecule has 1 aromatic carbocycles. The molecule has 10 heteroatoms. The number of rotatable bonds is 7. The van der Waals surface area contributed by atoms with Gasteiger partial charge in [-0.3, -0.25) is 19.3 Å². The molecule has 1 saturated heterocycles. The normalized spacial score (nSPS) is 13.7. The summed E-state index contributed by atoms with van der Waals surface area (Å²) >= 11 is 0. The van der Waals surface area contributed by atoms with Crippen molar-refractivity contribution >= 4 is 42.5 Å². The highest BCUT2D eigenvalue weighted by atomic mass is 35.5. The summed E-state index contributed by atoms with van der Waals surface area (Å²) in [7, 11) is 0. The van der Waals surface area contributed by atoms with E-state index in [4.69, 9.17) is 5.73 Å². The molecule has 0 aliphatic carbocycles. The third-order valence-corrected chi connectivity index (χ3v) is 4.04. The summed E-state index contributed by atoms with van der Waals surface area (Å²) in [5.74, 6) is -0.924. The fourth-order valence-electron chi connectivity index (χ4n) is 2.60. The number of carbonyl (C=O) groups excluding carboxylic acids is 3. The molecular weight excluding hydrogens is 393 g/mol. The quantitative estimate of drug-likeness (QED) is 0.544. The van der Waals surface area contributed by atoms with Gasteiger partial charge in [-0.25, -0.2) is 0 Å². The van der Waals surface area contributed by atoms with E-state index in [2.05, 4.69) is 27.7 Å². The molecule has 1 aromatic rings. The van der Waals surface area contributed by atoms with Gasteiger partial charge in [-0.15, -0.1) is 24.8 Å². The van der Waals surface area contributed by atoms with E-state index in [1.54, 1.807) is 4.90 Å². The van der Waals surface area contributed by atoms with Crippen molar-refractivity contribution in [1.29, 1.82) is 0 Å². The summed E-state index contributed by atoms with van der Waals surface area (Å²) in [6.07, 6.45) is 0. The summed E-state index contributed by atoms with van der Waals surface area (Å²) in [5, 5.41) is 4.87. The predicted octanol–water partition coefficient (Wildman–Crippen LogP) is -0.634. The molecule has 2 rings (SSSR count). The number of amides is 3. The number of hydrogen-bond donors (Lipinski definition) is 3. The molecule has 1 aliphatic heterocycles. The molecule has 0 bridgehead atoms. The van der Waals surface area contributed by atoms with Crippen molar-refractivity contribution in [2.75, 3.05) is 45.8 Å². The van der Waals surface area contributed by atoms with Crippen LogP contribution in [0.2, 0.25) is 0 Å². The lowest BCUT2D eigenvalue weighted by atomic mass is 10.2. The number of hydrogen-bond acceptors (Lipinski definition) is 5. The summed E-state index contributed by atoms with van der Waals surface area (Å²) in [6.45, 7) is 3.38. The molecular formula is C17H27Cl2N5O3. The number of benzene rings is 1. The van der Waals surface area contributed by atoms with Gasteiger partial charge in [-0.05, 0) is 5.56 Å². The smallest absolute Gasteiger partial charge is 0.242 e. The highest BCUT2D eigenvalue weighted by molar-refractivity contribution is 5.88. The van der Waals surface area contributed by atoms with Crippen LogP contribution in [0.3, 0.4) is 0 Å². The van der Waals surface area contributed by atoms with Crippen LogP contribution in [0, 0.1) is 0 Å². The first-order valence-electron chi connectivity index (χ1n) is 8.36. The van der Waals surface area contributed by atoms with Crippen LogP contribution >= 0.6 is 24.8 Å². The summed E-state index contributed by atoms with van der Waals surface area (Å²) < 4.78 is 0. The lowest BCUT2D eigenvalue weighted by molar-refractivity contribution is -0.134. The first-order valence-corrected chi connectivity index (χ1v) is 8.36. The van der Waals surface area contributed by atoms with E-state index in [0.717, 1.165) is 19.6 Å². The van der Waals surface area contributed by atoms with Gasteiger partial charge in [0.2, 0.25) is 17.7 Å². The van der Waals surface area contributed by atoms with Crippen LogP contribution in [-0.4, -0.2) is 73.3 Å². The predicted molar refractivity (Wildman–Crippen MR) is 108 cm³/mol. The number of carbonyl (C=O) groups is 3. The van der Waals surface area contributed by atoms with Gasteiger partial charge in [0.1, 0.15) is 0 Å². The van der Waals surface area contributed by atoms with Gasteiger partial charge in [-0.2, -0.15) is 0 Å². The molecule has 0 spiro atoms. The van der Waals surface area contributed by atoms with Crippen molar-refractivity contribution in [3.05, 3.63) is 35.9 Å². The first-order chi connectivity index (χ1) is 12.1. The second-order valence-corrected chi connectivity index (χ2v) is 5.90. The average Bonchev–Trinajstić information content (AvgIpc) is 2.65. The zero-order valence-corrected chi connectivity index (χ0v) is 16.7. The second-order valence-electron chi connectivity index (χ2n) is 5.90. The molecule has 0 atom stereocenters. The van der Waals surface area contributed by atoms with Crippen molar-refractivity contribution < 1.29 is 14.4 Å². The molecule has 0 aromatic heterocycles. The van der Waals surface area contributed by atoms with E-state index in [1.807, 2.05) is 18.2 Å². The standard InChI is InChI=1S/C17H25N5O3.2ClH/c18-10-15(23)19-11-16(24)20-12-17(25)22-8-6-21(7-9-22)13-14-4-2-1-3-5-14;;/h1-5H,6-13,18H2,(H,19,23)(H,20,24);2*1H. The Morgan fingerprint density at radius 1 is 0.889 bits per heavy atom. The van der Waals surface area contributed by atoms with Gasteiger partial charge in [0, 0.05) is 32.7 Å². The van der Waals surface area contributed by atoms with Gasteiger partial charge in [0.05, 0.1) is 19.6 Å². The number of halogens is 2. The lowest BCUT2D eigenvalue weighted by Gasteiger charge is -2.34. The highest BCUT2D eigenvalue weighted by Crippen LogP contribution is 2.08. The molecule has 3 amide bonds. The van der Waals surface area contributed by atoms with Crippen molar-refractivity contribution in [3.63, 3.8) is 0 Å². The molecule has 1 aliphatic rings. The summed E-state index contributed by atoms with van der Waals surface area (Å²) in [4.78, 5) is 38.7.